The van der Waals surface area contributed by atoms with Crippen LogP contribution in [0.25, 0.3) is 11.2 Å². The molecular weight excluding hydrogens is 357 g/mol. The molecule has 0 aliphatic heterocycles. The minimum Gasteiger partial charge on any atom is -0.362 e. The molecule has 0 fully saturated rings. The van der Waals surface area contributed by atoms with Crippen LogP contribution in [-0.4, -0.2) is 29.9 Å². The van der Waals surface area contributed by atoms with E-state index < -0.39 is 0 Å². The van der Waals surface area contributed by atoms with Crippen LogP contribution in [-0.2, 0) is 13.1 Å². The summed E-state index contributed by atoms with van der Waals surface area (Å²) in [5.74, 6) is 1.11. The van der Waals surface area contributed by atoms with E-state index in [9.17, 15) is 4.39 Å². The van der Waals surface area contributed by atoms with Crippen LogP contribution in [0.3, 0.4) is 0 Å². The zero-order valence-corrected chi connectivity index (χ0v) is 15.7. The van der Waals surface area contributed by atoms with E-state index in [1.54, 1.807) is 29.1 Å². The summed E-state index contributed by atoms with van der Waals surface area (Å²) in [6.07, 6.45) is 1.75. The molecule has 1 N–H and O–H groups in total. The van der Waals surface area contributed by atoms with Crippen molar-refractivity contribution in [2.75, 3.05) is 5.32 Å². The first-order chi connectivity index (χ1) is 13.6. The maximum absolute atomic E-state index is 14.1. The van der Waals surface area contributed by atoms with Crippen molar-refractivity contribution in [3.8, 4) is 0 Å². The number of fused-ring (bicyclic) bond motifs is 1. The third-order valence-corrected chi connectivity index (χ3v) is 4.34. The lowest BCUT2D eigenvalue weighted by molar-refractivity contribution is 0.581. The molecule has 142 valence electrons. The summed E-state index contributed by atoms with van der Waals surface area (Å²) in [7, 11) is 0. The predicted molar refractivity (Wildman–Crippen MR) is 104 cm³/mol. The van der Waals surface area contributed by atoms with Crippen LogP contribution >= 0.6 is 0 Å². The zero-order chi connectivity index (χ0) is 19.5. The van der Waals surface area contributed by atoms with E-state index >= 15 is 0 Å². The average Bonchev–Trinajstić information content (AvgIpc) is 3.11. The minimum absolute atomic E-state index is 0.122. The molecule has 3 heterocycles. The van der Waals surface area contributed by atoms with E-state index in [1.165, 1.54) is 6.07 Å². The van der Waals surface area contributed by atoms with Gasteiger partial charge in [-0.25, -0.2) is 19.0 Å². The molecule has 0 aliphatic rings. The van der Waals surface area contributed by atoms with Crippen molar-refractivity contribution in [1.82, 2.24) is 29.9 Å². The molecule has 0 aliphatic carbocycles. The van der Waals surface area contributed by atoms with Crippen molar-refractivity contribution >= 4 is 17.0 Å². The lowest BCUT2D eigenvalue weighted by atomic mass is 10.2. The number of halogens is 1. The molecule has 0 bridgehead atoms. The van der Waals surface area contributed by atoms with Crippen LogP contribution in [0.5, 0.6) is 0 Å². The van der Waals surface area contributed by atoms with Gasteiger partial charge in [-0.2, -0.15) is 0 Å². The number of hydrogen-bond acceptors (Lipinski definition) is 6. The number of hydrogen-bond donors (Lipinski definition) is 1. The first-order valence-corrected chi connectivity index (χ1v) is 9.10. The number of benzene rings is 1. The summed E-state index contributed by atoms with van der Waals surface area (Å²) >= 11 is 0. The third kappa shape index (κ3) is 3.66. The SMILES string of the molecule is CC(C)c1nc(NCc2ccccn2)c2nnn(Cc3ccccc3F)c2n1. The fourth-order valence-electron chi connectivity index (χ4n) is 2.83. The van der Waals surface area contributed by atoms with E-state index in [0.29, 0.717) is 34.9 Å². The number of nitrogens with zero attached hydrogens (tertiary/aromatic N) is 6. The van der Waals surface area contributed by atoms with Crippen LogP contribution in [0, 0.1) is 5.82 Å². The second-order valence-corrected chi connectivity index (χ2v) is 6.77. The van der Waals surface area contributed by atoms with Gasteiger partial charge in [0.15, 0.2) is 17.0 Å². The highest BCUT2D eigenvalue weighted by Crippen LogP contribution is 2.22. The van der Waals surface area contributed by atoms with Gasteiger partial charge in [0.05, 0.1) is 18.8 Å². The normalized spacial score (nSPS) is 11.3. The molecule has 4 aromatic rings. The third-order valence-electron chi connectivity index (χ3n) is 4.34. The Morgan fingerprint density at radius 1 is 1.07 bits per heavy atom. The fraction of sp³-hybridized carbons (Fsp3) is 0.250. The summed E-state index contributed by atoms with van der Waals surface area (Å²) in [4.78, 5) is 13.6. The molecule has 8 heteroatoms. The van der Waals surface area contributed by atoms with E-state index in [1.807, 2.05) is 32.0 Å². The summed E-state index contributed by atoms with van der Waals surface area (Å²) in [5, 5.41) is 11.7. The Morgan fingerprint density at radius 2 is 1.89 bits per heavy atom. The van der Waals surface area contributed by atoms with E-state index in [0.717, 1.165) is 5.69 Å². The molecule has 0 unspecified atom stereocenters. The van der Waals surface area contributed by atoms with Crippen molar-refractivity contribution in [3.05, 3.63) is 71.6 Å². The monoisotopic (exact) mass is 377 g/mol. The number of anilines is 1. The molecule has 0 amide bonds. The van der Waals surface area contributed by atoms with Gasteiger partial charge in [0, 0.05) is 17.7 Å². The van der Waals surface area contributed by atoms with Gasteiger partial charge in [0.25, 0.3) is 0 Å². The second-order valence-electron chi connectivity index (χ2n) is 6.77. The standard InChI is InChI=1S/C20H20FN7/c1-13(2)18-24-19(23-11-15-8-5-6-10-22-15)17-20(25-18)28(27-26-17)12-14-7-3-4-9-16(14)21/h3-10,13H,11-12H2,1-2H3,(H,23,24,25). The number of nitrogens with one attached hydrogen (secondary N) is 1. The topological polar surface area (TPSA) is 81.4 Å². The molecule has 0 radical (unpaired) electrons. The van der Waals surface area contributed by atoms with Gasteiger partial charge < -0.3 is 5.32 Å². The summed E-state index contributed by atoms with van der Waals surface area (Å²) in [6, 6.07) is 12.4. The van der Waals surface area contributed by atoms with E-state index in [-0.39, 0.29) is 18.3 Å². The Bertz CT molecular complexity index is 1090. The van der Waals surface area contributed by atoms with Gasteiger partial charge in [-0.3, -0.25) is 4.98 Å². The molecule has 0 spiro atoms. The largest absolute Gasteiger partial charge is 0.362 e. The Kier molecular flexibility index (Phi) is 4.92. The molecule has 3 aromatic heterocycles. The quantitative estimate of drug-likeness (QED) is 0.553. The number of rotatable bonds is 6. The molecule has 7 nitrogen and oxygen atoms in total. The van der Waals surface area contributed by atoms with Crippen molar-refractivity contribution < 1.29 is 4.39 Å². The molecule has 0 saturated carbocycles. The van der Waals surface area contributed by atoms with Crippen LogP contribution in [0.2, 0.25) is 0 Å². The summed E-state index contributed by atoms with van der Waals surface area (Å²) < 4.78 is 15.7. The molecule has 0 saturated heterocycles. The van der Waals surface area contributed by atoms with Crippen molar-refractivity contribution in [3.63, 3.8) is 0 Å². The van der Waals surface area contributed by atoms with Crippen molar-refractivity contribution in [1.29, 1.82) is 0 Å². The highest BCUT2D eigenvalue weighted by Gasteiger charge is 2.17. The van der Waals surface area contributed by atoms with Gasteiger partial charge in [0.2, 0.25) is 0 Å². The minimum atomic E-state index is -0.280. The first-order valence-electron chi connectivity index (χ1n) is 9.10. The summed E-state index contributed by atoms with van der Waals surface area (Å²) in [5.41, 5.74) is 2.54. The van der Waals surface area contributed by atoms with Gasteiger partial charge in [0.1, 0.15) is 11.6 Å². The van der Waals surface area contributed by atoms with Crippen molar-refractivity contribution in [2.45, 2.75) is 32.9 Å². The second kappa shape index (κ2) is 7.67. The highest BCUT2D eigenvalue weighted by atomic mass is 19.1. The van der Waals surface area contributed by atoms with Gasteiger partial charge in [-0.1, -0.05) is 43.3 Å². The molecule has 28 heavy (non-hydrogen) atoms. The lowest BCUT2D eigenvalue weighted by Crippen LogP contribution is -2.09. The molecule has 1 aromatic carbocycles. The molecule has 0 atom stereocenters. The van der Waals surface area contributed by atoms with E-state index in [4.69, 9.17) is 0 Å². The predicted octanol–water partition coefficient (Wildman–Crippen LogP) is 3.54. The zero-order valence-electron chi connectivity index (χ0n) is 15.7. The highest BCUT2D eigenvalue weighted by molar-refractivity contribution is 5.82. The number of pyridine rings is 1. The van der Waals surface area contributed by atoms with Gasteiger partial charge in [-0.05, 0) is 18.2 Å². The lowest BCUT2D eigenvalue weighted by Gasteiger charge is -2.10. The Morgan fingerprint density at radius 3 is 2.64 bits per heavy atom. The first kappa shape index (κ1) is 18.0. The van der Waals surface area contributed by atoms with Crippen LogP contribution < -0.4 is 5.32 Å². The van der Waals surface area contributed by atoms with E-state index in [2.05, 4.69) is 30.6 Å². The van der Waals surface area contributed by atoms with Gasteiger partial charge >= 0.3 is 0 Å². The Labute approximate surface area is 161 Å². The molecular formula is C20H20FN7. The molecule has 4 rings (SSSR count). The maximum Gasteiger partial charge on any atom is 0.184 e. The maximum atomic E-state index is 14.1. The van der Waals surface area contributed by atoms with Crippen LogP contribution in [0.1, 0.15) is 36.8 Å². The van der Waals surface area contributed by atoms with Crippen LogP contribution in [0.15, 0.2) is 48.7 Å². The van der Waals surface area contributed by atoms with Gasteiger partial charge in [-0.15, -0.1) is 5.10 Å². The average molecular weight is 377 g/mol. The Hall–Kier alpha value is -3.42. The van der Waals surface area contributed by atoms with Crippen molar-refractivity contribution in [2.24, 2.45) is 0 Å². The Balaban J connectivity index is 1.71. The smallest absolute Gasteiger partial charge is 0.184 e. The fourth-order valence-corrected chi connectivity index (χ4v) is 2.83. The summed E-state index contributed by atoms with van der Waals surface area (Å²) in [6.45, 7) is 4.80. The number of aromatic nitrogens is 6. The van der Waals surface area contributed by atoms with Crippen LogP contribution in [0.4, 0.5) is 10.2 Å².